The molecule has 94 valence electrons. The Morgan fingerprint density at radius 3 is 2.12 bits per heavy atom. The Balaban J connectivity index is 1.86. The van der Waals surface area contributed by atoms with E-state index in [1.165, 1.54) is 51.4 Å². The third-order valence-electron chi connectivity index (χ3n) is 4.46. The molecule has 2 saturated carbocycles. The van der Waals surface area contributed by atoms with Gasteiger partial charge in [-0.1, -0.05) is 42.6 Å². The molecule has 1 nitrogen and oxygen atoms in total. The fourth-order valence-corrected chi connectivity index (χ4v) is 3.84. The van der Waals surface area contributed by atoms with Crippen LogP contribution in [-0.2, 0) is 4.74 Å². The van der Waals surface area contributed by atoms with E-state index in [0.29, 0.717) is 11.5 Å². The van der Waals surface area contributed by atoms with Crippen LogP contribution in [0.25, 0.3) is 0 Å². The molecule has 0 bridgehead atoms. The number of alkyl halides is 1. The summed E-state index contributed by atoms with van der Waals surface area (Å²) in [5, 5.41) is 1.03. The molecule has 2 aliphatic rings. The van der Waals surface area contributed by atoms with Crippen LogP contribution in [0.3, 0.4) is 0 Å². The number of rotatable bonds is 3. The molecule has 0 aromatic rings. The van der Waals surface area contributed by atoms with E-state index < -0.39 is 0 Å². The Labute approximate surface area is 108 Å². The molecule has 0 spiro atoms. The second kappa shape index (κ2) is 4.97. The van der Waals surface area contributed by atoms with Gasteiger partial charge < -0.3 is 4.74 Å². The lowest BCUT2D eigenvalue weighted by Crippen LogP contribution is -2.38. The van der Waals surface area contributed by atoms with Gasteiger partial charge in [0.2, 0.25) is 0 Å². The van der Waals surface area contributed by atoms with Crippen LogP contribution < -0.4 is 0 Å². The van der Waals surface area contributed by atoms with Crippen molar-refractivity contribution in [3.8, 4) is 0 Å². The topological polar surface area (TPSA) is 9.23 Å². The van der Waals surface area contributed by atoms with E-state index in [-0.39, 0.29) is 5.60 Å². The van der Waals surface area contributed by atoms with Crippen LogP contribution in [0.5, 0.6) is 0 Å². The molecule has 0 aliphatic heterocycles. The summed E-state index contributed by atoms with van der Waals surface area (Å²) < 4.78 is 6.44. The van der Waals surface area contributed by atoms with Crippen LogP contribution in [0.4, 0.5) is 0 Å². The summed E-state index contributed by atoms with van der Waals surface area (Å²) in [6, 6.07) is 0. The zero-order chi connectivity index (χ0) is 11.6. The highest BCUT2D eigenvalue weighted by Gasteiger charge is 2.38. The Morgan fingerprint density at radius 2 is 1.62 bits per heavy atom. The number of halogens is 1. The maximum atomic E-state index is 6.44. The second-order valence-electron chi connectivity index (χ2n) is 6.51. The van der Waals surface area contributed by atoms with E-state index in [1.807, 2.05) is 0 Å². The highest BCUT2D eigenvalue weighted by molar-refractivity contribution is 9.09. The molecule has 0 radical (unpaired) electrons. The minimum absolute atomic E-state index is 0.187. The standard InChI is InChI=1S/C14H25BrO/c1-13(2)9-5-12(6-10-13)16-14(11-15)7-3-4-8-14/h12H,3-11H2,1-2H3. The van der Waals surface area contributed by atoms with Crippen LogP contribution in [0.2, 0.25) is 0 Å². The van der Waals surface area contributed by atoms with Crippen molar-refractivity contribution in [3.05, 3.63) is 0 Å². The van der Waals surface area contributed by atoms with Gasteiger partial charge in [-0.05, 0) is 43.9 Å². The van der Waals surface area contributed by atoms with Crippen LogP contribution in [0, 0.1) is 5.41 Å². The minimum Gasteiger partial charge on any atom is -0.371 e. The largest absolute Gasteiger partial charge is 0.371 e. The first kappa shape index (κ1) is 12.9. The monoisotopic (exact) mass is 288 g/mol. The fraction of sp³-hybridized carbons (Fsp3) is 1.00. The molecule has 16 heavy (non-hydrogen) atoms. The number of hydrogen-bond donors (Lipinski definition) is 0. The zero-order valence-corrected chi connectivity index (χ0v) is 12.3. The first-order valence-corrected chi connectivity index (χ1v) is 7.91. The molecule has 0 saturated heterocycles. The minimum atomic E-state index is 0.187. The summed E-state index contributed by atoms with van der Waals surface area (Å²) in [6.45, 7) is 4.78. The van der Waals surface area contributed by atoms with E-state index in [1.54, 1.807) is 0 Å². The molecule has 2 aliphatic carbocycles. The van der Waals surface area contributed by atoms with Gasteiger partial charge in [-0.2, -0.15) is 0 Å². The lowest BCUT2D eigenvalue weighted by molar-refractivity contribution is -0.0970. The number of hydrogen-bond acceptors (Lipinski definition) is 1. The predicted octanol–water partition coefficient (Wildman–Crippen LogP) is 4.68. The summed E-state index contributed by atoms with van der Waals surface area (Å²) >= 11 is 3.66. The van der Waals surface area contributed by atoms with Gasteiger partial charge in [-0.15, -0.1) is 0 Å². The first-order chi connectivity index (χ1) is 7.55. The van der Waals surface area contributed by atoms with E-state index in [4.69, 9.17) is 4.74 Å². The van der Waals surface area contributed by atoms with Gasteiger partial charge >= 0.3 is 0 Å². The zero-order valence-electron chi connectivity index (χ0n) is 10.7. The highest BCUT2D eigenvalue weighted by Crippen LogP contribution is 2.41. The normalized spacial score (nSPS) is 29.4. The smallest absolute Gasteiger partial charge is 0.0782 e. The van der Waals surface area contributed by atoms with Gasteiger partial charge in [0.25, 0.3) is 0 Å². The molecular formula is C14H25BrO. The lowest BCUT2D eigenvalue weighted by Gasteiger charge is -2.39. The Kier molecular flexibility index (Phi) is 4.01. The van der Waals surface area contributed by atoms with Gasteiger partial charge in [-0.25, -0.2) is 0 Å². The van der Waals surface area contributed by atoms with Crippen molar-refractivity contribution in [1.82, 2.24) is 0 Å². The summed E-state index contributed by atoms with van der Waals surface area (Å²) in [4.78, 5) is 0. The van der Waals surface area contributed by atoms with E-state index in [9.17, 15) is 0 Å². The maximum absolute atomic E-state index is 6.44. The van der Waals surface area contributed by atoms with Crippen LogP contribution in [0.1, 0.15) is 65.2 Å². The van der Waals surface area contributed by atoms with Crippen molar-refractivity contribution in [2.45, 2.75) is 76.9 Å². The molecule has 2 rings (SSSR count). The molecule has 0 aromatic heterocycles. The summed E-state index contributed by atoms with van der Waals surface area (Å²) in [5.41, 5.74) is 0.739. The average Bonchev–Trinajstić information content (AvgIpc) is 2.71. The molecule has 0 amide bonds. The molecule has 2 heteroatoms. The molecular weight excluding hydrogens is 264 g/mol. The van der Waals surface area contributed by atoms with E-state index in [0.717, 1.165) is 5.33 Å². The molecule has 2 fully saturated rings. The van der Waals surface area contributed by atoms with Crippen LogP contribution in [0.15, 0.2) is 0 Å². The third-order valence-corrected chi connectivity index (χ3v) is 5.48. The van der Waals surface area contributed by atoms with Gasteiger partial charge in [-0.3, -0.25) is 0 Å². The molecule has 0 N–H and O–H groups in total. The van der Waals surface area contributed by atoms with Gasteiger partial charge in [0.1, 0.15) is 0 Å². The maximum Gasteiger partial charge on any atom is 0.0782 e. The Hall–Kier alpha value is 0.440. The van der Waals surface area contributed by atoms with Crippen molar-refractivity contribution in [2.24, 2.45) is 5.41 Å². The molecule has 0 unspecified atom stereocenters. The Morgan fingerprint density at radius 1 is 1.06 bits per heavy atom. The molecule has 0 heterocycles. The van der Waals surface area contributed by atoms with Gasteiger partial charge in [0, 0.05) is 5.33 Å². The van der Waals surface area contributed by atoms with Crippen molar-refractivity contribution in [3.63, 3.8) is 0 Å². The third kappa shape index (κ3) is 3.01. The molecule has 0 aromatic carbocycles. The predicted molar refractivity (Wildman–Crippen MR) is 72.1 cm³/mol. The van der Waals surface area contributed by atoms with Gasteiger partial charge in [0.05, 0.1) is 11.7 Å². The summed E-state index contributed by atoms with van der Waals surface area (Å²) in [7, 11) is 0. The molecule has 0 atom stereocenters. The van der Waals surface area contributed by atoms with Crippen LogP contribution in [-0.4, -0.2) is 17.0 Å². The van der Waals surface area contributed by atoms with Crippen molar-refractivity contribution < 1.29 is 4.74 Å². The van der Waals surface area contributed by atoms with Crippen LogP contribution >= 0.6 is 15.9 Å². The average molecular weight is 289 g/mol. The number of ether oxygens (including phenoxy) is 1. The van der Waals surface area contributed by atoms with Gasteiger partial charge in [0.15, 0.2) is 0 Å². The first-order valence-electron chi connectivity index (χ1n) is 6.79. The van der Waals surface area contributed by atoms with Crippen molar-refractivity contribution >= 4 is 15.9 Å². The van der Waals surface area contributed by atoms with Crippen molar-refractivity contribution in [2.75, 3.05) is 5.33 Å². The van der Waals surface area contributed by atoms with Crippen molar-refractivity contribution in [1.29, 1.82) is 0 Å². The lowest BCUT2D eigenvalue weighted by atomic mass is 9.76. The second-order valence-corrected chi connectivity index (χ2v) is 7.07. The summed E-state index contributed by atoms with van der Waals surface area (Å²) in [6.07, 6.45) is 10.9. The quantitative estimate of drug-likeness (QED) is 0.685. The fourth-order valence-electron chi connectivity index (χ4n) is 3.15. The van der Waals surface area contributed by atoms with E-state index >= 15 is 0 Å². The SMILES string of the molecule is CC1(C)CCC(OC2(CBr)CCCC2)CC1. The van der Waals surface area contributed by atoms with E-state index in [2.05, 4.69) is 29.8 Å². The highest BCUT2D eigenvalue weighted by atomic mass is 79.9. The summed E-state index contributed by atoms with van der Waals surface area (Å²) in [5.74, 6) is 0. The Bertz CT molecular complexity index is 221.